The van der Waals surface area contributed by atoms with Crippen molar-refractivity contribution in [3.63, 3.8) is 0 Å². The van der Waals surface area contributed by atoms with Crippen molar-refractivity contribution < 1.29 is 4.79 Å². The van der Waals surface area contributed by atoms with Crippen LogP contribution in [0.15, 0.2) is 54.9 Å². The number of rotatable bonds is 5. The van der Waals surface area contributed by atoms with Gasteiger partial charge in [-0.15, -0.1) is 0 Å². The fourth-order valence-electron chi connectivity index (χ4n) is 2.19. The van der Waals surface area contributed by atoms with Crippen molar-refractivity contribution in [1.29, 1.82) is 0 Å². The molecule has 122 valence electrons. The second-order valence-electron chi connectivity index (χ2n) is 5.31. The molecular formula is C17H18N6O. The number of nitrogens with one attached hydrogen (secondary N) is 3. The van der Waals surface area contributed by atoms with Gasteiger partial charge in [-0.05, 0) is 24.6 Å². The summed E-state index contributed by atoms with van der Waals surface area (Å²) in [6.07, 6.45) is 3.37. The number of aromatic amines is 1. The summed E-state index contributed by atoms with van der Waals surface area (Å²) in [6, 6.07) is 12.9. The summed E-state index contributed by atoms with van der Waals surface area (Å²) in [6.45, 7) is 2.32. The van der Waals surface area contributed by atoms with Gasteiger partial charge in [-0.2, -0.15) is 5.10 Å². The molecule has 0 saturated carbocycles. The van der Waals surface area contributed by atoms with E-state index in [1.54, 1.807) is 12.4 Å². The van der Waals surface area contributed by atoms with Crippen molar-refractivity contribution >= 4 is 6.03 Å². The summed E-state index contributed by atoms with van der Waals surface area (Å²) in [4.78, 5) is 20.4. The minimum Gasteiger partial charge on any atom is -0.334 e. The van der Waals surface area contributed by atoms with E-state index in [2.05, 4.69) is 30.8 Å². The molecule has 1 aromatic carbocycles. The molecule has 24 heavy (non-hydrogen) atoms. The molecule has 0 aliphatic rings. The monoisotopic (exact) mass is 322 g/mol. The van der Waals surface area contributed by atoms with Crippen LogP contribution in [0.1, 0.15) is 24.4 Å². The lowest BCUT2D eigenvalue weighted by Crippen LogP contribution is -2.37. The fourth-order valence-corrected chi connectivity index (χ4v) is 2.19. The molecule has 0 aliphatic heterocycles. The SMILES string of the molecule is CC(NC(=O)NCc1ccccc1)c1nc(-c2ccncc2)n[nH]1. The maximum Gasteiger partial charge on any atom is 0.315 e. The van der Waals surface area contributed by atoms with E-state index in [0.29, 0.717) is 18.2 Å². The number of pyridine rings is 1. The van der Waals surface area contributed by atoms with Crippen LogP contribution in [0, 0.1) is 0 Å². The molecule has 0 saturated heterocycles. The third kappa shape index (κ3) is 3.95. The molecule has 0 spiro atoms. The van der Waals surface area contributed by atoms with Crippen molar-refractivity contribution in [1.82, 2.24) is 30.8 Å². The highest BCUT2D eigenvalue weighted by atomic mass is 16.2. The maximum absolute atomic E-state index is 12.0. The number of hydrogen-bond donors (Lipinski definition) is 3. The number of H-pyrrole nitrogens is 1. The number of carbonyl (C=O) groups is 1. The van der Waals surface area contributed by atoms with Gasteiger partial charge in [-0.25, -0.2) is 9.78 Å². The molecule has 3 N–H and O–H groups in total. The van der Waals surface area contributed by atoms with Gasteiger partial charge in [0.2, 0.25) is 0 Å². The van der Waals surface area contributed by atoms with Gasteiger partial charge in [0.25, 0.3) is 0 Å². The predicted octanol–water partition coefficient (Wildman–Crippen LogP) is 2.43. The Bertz CT molecular complexity index is 787. The van der Waals surface area contributed by atoms with Crippen LogP contribution in [0.3, 0.4) is 0 Å². The molecule has 1 atom stereocenters. The molecule has 7 heteroatoms. The van der Waals surface area contributed by atoms with Crippen molar-refractivity contribution in [2.45, 2.75) is 19.5 Å². The van der Waals surface area contributed by atoms with E-state index in [0.717, 1.165) is 11.1 Å². The summed E-state index contributed by atoms with van der Waals surface area (Å²) in [5.41, 5.74) is 1.91. The van der Waals surface area contributed by atoms with Crippen LogP contribution < -0.4 is 10.6 Å². The second kappa shape index (κ2) is 7.36. The topological polar surface area (TPSA) is 95.6 Å². The van der Waals surface area contributed by atoms with E-state index < -0.39 is 0 Å². The van der Waals surface area contributed by atoms with Gasteiger partial charge in [0.1, 0.15) is 5.82 Å². The van der Waals surface area contributed by atoms with Gasteiger partial charge in [-0.1, -0.05) is 30.3 Å². The van der Waals surface area contributed by atoms with Crippen LogP contribution in [-0.2, 0) is 6.54 Å². The van der Waals surface area contributed by atoms with E-state index in [1.807, 2.05) is 49.4 Å². The van der Waals surface area contributed by atoms with E-state index >= 15 is 0 Å². The van der Waals surface area contributed by atoms with Crippen molar-refractivity contribution in [2.24, 2.45) is 0 Å². The summed E-state index contributed by atoms with van der Waals surface area (Å²) >= 11 is 0. The lowest BCUT2D eigenvalue weighted by atomic mass is 10.2. The highest BCUT2D eigenvalue weighted by Gasteiger charge is 2.14. The number of amides is 2. The van der Waals surface area contributed by atoms with E-state index in [4.69, 9.17) is 0 Å². The third-order valence-electron chi connectivity index (χ3n) is 3.49. The summed E-state index contributed by atoms with van der Waals surface area (Å²) < 4.78 is 0. The first-order valence-corrected chi connectivity index (χ1v) is 7.63. The smallest absolute Gasteiger partial charge is 0.315 e. The largest absolute Gasteiger partial charge is 0.334 e. The highest BCUT2D eigenvalue weighted by Crippen LogP contribution is 2.15. The molecule has 2 aromatic heterocycles. The van der Waals surface area contributed by atoms with Crippen molar-refractivity contribution in [3.05, 3.63) is 66.2 Å². The zero-order valence-corrected chi connectivity index (χ0v) is 13.2. The standard InChI is InChI=1S/C17H18N6O/c1-12(20-17(24)19-11-13-5-3-2-4-6-13)15-21-16(23-22-15)14-7-9-18-10-8-14/h2-10,12H,11H2,1H3,(H2,19,20,24)(H,21,22,23). The molecule has 0 bridgehead atoms. The number of urea groups is 1. The normalized spacial score (nSPS) is 11.7. The second-order valence-corrected chi connectivity index (χ2v) is 5.31. The van der Waals surface area contributed by atoms with Crippen LogP contribution in [0.25, 0.3) is 11.4 Å². The molecule has 7 nitrogen and oxygen atoms in total. The summed E-state index contributed by atoms with van der Waals surface area (Å²) in [5.74, 6) is 1.17. The minimum atomic E-state index is -0.288. The lowest BCUT2D eigenvalue weighted by Gasteiger charge is -2.12. The number of benzene rings is 1. The first-order valence-electron chi connectivity index (χ1n) is 7.63. The number of nitrogens with zero attached hydrogens (tertiary/aromatic N) is 3. The Morgan fingerprint density at radius 3 is 2.67 bits per heavy atom. The van der Waals surface area contributed by atoms with Crippen LogP contribution in [0.4, 0.5) is 4.79 Å². The molecule has 0 fully saturated rings. The molecule has 1 unspecified atom stereocenters. The molecule has 0 radical (unpaired) electrons. The average molecular weight is 322 g/mol. The van der Waals surface area contributed by atoms with Gasteiger partial charge in [0.15, 0.2) is 5.82 Å². The molecule has 2 amide bonds. The van der Waals surface area contributed by atoms with Gasteiger partial charge in [0, 0.05) is 24.5 Å². The predicted molar refractivity (Wildman–Crippen MR) is 89.8 cm³/mol. The zero-order chi connectivity index (χ0) is 16.8. The van der Waals surface area contributed by atoms with Crippen LogP contribution in [0.2, 0.25) is 0 Å². The number of carbonyl (C=O) groups excluding carboxylic acids is 1. The molecular weight excluding hydrogens is 304 g/mol. The fraction of sp³-hybridized carbons (Fsp3) is 0.176. The number of aromatic nitrogens is 4. The van der Waals surface area contributed by atoms with E-state index in [9.17, 15) is 4.79 Å². The first kappa shape index (κ1) is 15.7. The van der Waals surface area contributed by atoms with Crippen LogP contribution in [-0.4, -0.2) is 26.2 Å². The molecule has 3 aromatic rings. The Morgan fingerprint density at radius 2 is 1.92 bits per heavy atom. The quantitative estimate of drug-likeness (QED) is 0.672. The maximum atomic E-state index is 12.0. The van der Waals surface area contributed by atoms with E-state index in [1.165, 1.54) is 0 Å². The van der Waals surface area contributed by atoms with Gasteiger partial charge < -0.3 is 10.6 Å². The first-order chi connectivity index (χ1) is 11.7. The van der Waals surface area contributed by atoms with Gasteiger partial charge in [0.05, 0.1) is 6.04 Å². The lowest BCUT2D eigenvalue weighted by molar-refractivity contribution is 0.237. The van der Waals surface area contributed by atoms with Gasteiger partial charge >= 0.3 is 6.03 Å². The van der Waals surface area contributed by atoms with Crippen LogP contribution >= 0.6 is 0 Å². The van der Waals surface area contributed by atoms with Gasteiger partial charge in [-0.3, -0.25) is 10.1 Å². The molecule has 3 rings (SSSR count). The Kier molecular flexibility index (Phi) is 4.81. The molecule has 0 aliphatic carbocycles. The Hall–Kier alpha value is -3.22. The number of hydrogen-bond acceptors (Lipinski definition) is 4. The minimum absolute atomic E-state index is 0.256. The average Bonchev–Trinajstić information content (AvgIpc) is 3.12. The Labute approximate surface area is 139 Å². The van der Waals surface area contributed by atoms with Crippen molar-refractivity contribution in [2.75, 3.05) is 0 Å². The Morgan fingerprint density at radius 1 is 1.17 bits per heavy atom. The molecule has 2 heterocycles. The summed E-state index contributed by atoms with van der Waals surface area (Å²) in [5, 5.41) is 12.7. The Balaban J connectivity index is 1.56. The highest BCUT2D eigenvalue weighted by molar-refractivity contribution is 5.74. The summed E-state index contributed by atoms with van der Waals surface area (Å²) in [7, 11) is 0. The third-order valence-corrected chi connectivity index (χ3v) is 3.49. The van der Waals surface area contributed by atoms with Crippen molar-refractivity contribution in [3.8, 4) is 11.4 Å². The zero-order valence-electron chi connectivity index (χ0n) is 13.2. The van der Waals surface area contributed by atoms with Crippen LogP contribution in [0.5, 0.6) is 0 Å². The van der Waals surface area contributed by atoms with E-state index in [-0.39, 0.29) is 12.1 Å².